The Hall–Kier alpha value is -1.16. The van der Waals surface area contributed by atoms with Gasteiger partial charge in [0.25, 0.3) is 0 Å². The Labute approximate surface area is 129 Å². The Kier molecular flexibility index (Phi) is 5.35. The average molecular weight is 308 g/mol. The molecule has 0 aliphatic heterocycles. The van der Waals surface area contributed by atoms with Crippen molar-refractivity contribution >= 4 is 23.4 Å². The van der Waals surface area contributed by atoms with Crippen LogP contribution in [0.2, 0.25) is 5.02 Å². The predicted octanol–water partition coefficient (Wildman–Crippen LogP) is 4.45. The third kappa shape index (κ3) is 3.69. The molecule has 0 aliphatic carbocycles. The van der Waals surface area contributed by atoms with Crippen molar-refractivity contribution in [2.45, 2.75) is 17.9 Å². The lowest BCUT2D eigenvalue weighted by Gasteiger charge is -2.15. The van der Waals surface area contributed by atoms with E-state index >= 15 is 0 Å². The van der Waals surface area contributed by atoms with E-state index in [1.807, 2.05) is 42.5 Å². The number of nitrogens with two attached hydrogens (primary N) is 1. The molecule has 2 aromatic carbocycles. The van der Waals surface area contributed by atoms with Gasteiger partial charge in [0.1, 0.15) is 5.75 Å². The van der Waals surface area contributed by atoms with E-state index in [1.54, 1.807) is 18.9 Å². The van der Waals surface area contributed by atoms with Crippen molar-refractivity contribution in [1.82, 2.24) is 0 Å². The zero-order valence-corrected chi connectivity index (χ0v) is 13.2. The van der Waals surface area contributed by atoms with Gasteiger partial charge in [-0.1, -0.05) is 29.8 Å². The molecule has 0 saturated carbocycles. The smallest absolute Gasteiger partial charge is 0.119 e. The Morgan fingerprint density at radius 1 is 1.25 bits per heavy atom. The summed E-state index contributed by atoms with van der Waals surface area (Å²) < 4.78 is 5.21. The van der Waals surface area contributed by atoms with E-state index in [4.69, 9.17) is 22.1 Å². The summed E-state index contributed by atoms with van der Waals surface area (Å²) in [5.41, 5.74) is 8.57. The molecule has 0 heterocycles. The van der Waals surface area contributed by atoms with Gasteiger partial charge in [0.15, 0.2) is 0 Å². The first-order chi connectivity index (χ1) is 9.61. The molecular formula is C16H18ClNOS. The number of hydrogen-bond acceptors (Lipinski definition) is 3. The van der Waals surface area contributed by atoms with Crippen LogP contribution in [-0.2, 0) is 0 Å². The molecule has 2 nitrogen and oxygen atoms in total. The second-order valence-electron chi connectivity index (χ2n) is 4.57. The maximum Gasteiger partial charge on any atom is 0.119 e. The van der Waals surface area contributed by atoms with Gasteiger partial charge in [-0.3, -0.25) is 0 Å². The van der Waals surface area contributed by atoms with Gasteiger partial charge < -0.3 is 10.5 Å². The first-order valence-electron chi connectivity index (χ1n) is 6.39. The van der Waals surface area contributed by atoms with Gasteiger partial charge in [-0.15, -0.1) is 11.8 Å². The number of halogens is 1. The molecular weight excluding hydrogens is 290 g/mol. The van der Waals surface area contributed by atoms with Crippen molar-refractivity contribution in [3.05, 3.63) is 58.6 Å². The maximum absolute atomic E-state index is 6.28. The number of hydrogen-bond donors (Lipinski definition) is 1. The number of ether oxygens (including phenoxy) is 1. The highest BCUT2D eigenvalue weighted by Crippen LogP contribution is 2.30. The van der Waals surface area contributed by atoms with E-state index < -0.39 is 0 Å². The maximum atomic E-state index is 6.28. The molecule has 0 aliphatic rings. The zero-order valence-electron chi connectivity index (χ0n) is 11.6. The Bertz CT molecular complexity index is 588. The van der Waals surface area contributed by atoms with E-state index in [2.05, 4.69) is 6.92 Å². The van der Waals surface area contributed by atoms with Crippen LogP contribution in [0.1, 0.15) is 17.2 Å². The highest BCUT2D eigenvalue weighted by Gasteiger charge is 2.11. The summed E-state index contributed by atoms with van der Waals surface area (Å²) >= 11 is 7.83. The fourth-order valence-corrected chi connectivity index (χ4v) is 3.24. The molecule has 0 spiro atoms. The summed E-state index contributed by atoms with van der Waals surface area (Å²) in [7, 11) is 1.67. The Morgan fingerprint density at radius 2 is 2.00 bits per heavy atom. The van der Waals surface area contributed by atoms with Crippen molar-refractivity contribution in [3.8, 4) is 5.75 Å². The van der Waals surface area contributed by atoms with Crippen LogP contribution in [0, 0.1) is 6.92 Å². The van der Waals surface area contributed by atoms with Crippen molar-refractivity contribution < 1.29 is 4.74 Å². The molecule has 0 amide bonds. The third-order valence-electron chi connectivity index (χ3n) is 3.13. The Morgan fingerprint density at radius 3 is 2.65 bits per heavy atom. The van der Waals surface area contributed by atoms with Crippen molar-refractivity contribution in [3.63, 3.8) is 0 Å². The van der Waals surface area contributed by atoms with Crippen LogP contribution in [0.5, 0.6) is 5.75 Å². The minimum atomic E-state index is -0.0258. The topological polar surface area (TPSA) is 35.2 Å². The molecule has 2 N–H and O–H groups in total. The third-order valence-corrected chi connectivity index (χ3v) is 4.77. The standard InChI is InChI=1S/C16H18ClNOS/c1-11-9-12(19-2)7-8-13(11)15(18)10-20-16-6-4-3-5-14(16)17/h3-9,15H,10,18H2,1-2H3. The van der Waals surface area contributed by atoms with Crippen LogP contribution in [0.3, 0.4) is 0 Å². The zero-order chi connectivity index (χ0) is 14.5. The normalized spacial score (nSPS) is 12.2. The van der Waals surface area contributed by atoms with Crippen LogP contribution >= 0.6 is 23.4 Å². The van der Waals surface area contributed by atoms with Gasteiger partial charge in [0.05, 0.1) is 12.1 Å². The van der Waals surface area contributed by atoms with Crippen molar-refractivity contribution in [2.75, 3.05) is 12.9 Å². The molecule has 1 unspecified atom stereocenters. The minimum Gasteiger partial charge on any atom is -0.497 e. The molecule has 0 bridgehead atoms. The molecule has 0 aromatic heterocycles. The minimum absolute atomic E-state index is 0.0258. The SMILES string of the molecule is COc1ccc(C(N)CSc2ccccc2Cl)c(C)c1. The first kappa shape index (κ1) is 15.2. The van der Waals surface area contributed by atoms with Crippen molar-refractivity contribution in [1.29, 1.82) is 0 Å². The summed E-state index contributed by atoms with van der Waals surface area (Å²) in [6.45, 7) is 2.05. The molecule has 4 heteroatoms. The molecule has 0 radical (unpaired) electrons. The number of rotatable bonds is 5. The van der Waals surface area contributed by atoms with E-state index in [0.29, 0.717) is 0 Å². The molecule has 20 heavy (non-hydrogen) atoms. The van der Waals surface area contributed by atoms with Gasteiger partial charge >= 0.3 is 0 Å². The lowest BCUT2D eigenvalue weighted by Crippen LogP contribution is -2.14. The summed E-state index contributed by atoms with van der Waals surface area (Å²) in [6, 6.07) is 13.8. The lowest BCUT2D eigenvalue weighted by atomic mass is 10.0. The first-order valence-corrected chi connectivity index (χ1v) is 7.75. The van der Waals surface area contributed by atoms with Gasteiger partial charge in [-0.05, 0) is 42.3 Å². The molecule has 106 valence electrons. The van der Waals surface area contributed by atoms with Crippen molar-refractivity contribution in [2.24, 2.45) is 5.73 Å². The average Bonchev–Trinajstić information content (AvgIpc) is 2.46. The van der Waals surface area contributed by atoms with Crippen LogP contribution in [0.4, 0.5) is 0 Å². The van der Waals surface area contributed by atoms with E-state index in [-0.39, 0.29) is 6.04 Å². The summed E-state index contributed by atoms with van der Waals surface area (Å²) in [4.78, 5) is 1.07. The van der Waals surface area contributed by atoms with Crippen LogP contribution < -0.4 is 10.5 Å². The highest BCUT2D eigenvalue weighted by molar-refractivity contribution is 7.99. The quantitative estimate of drug-likeness (QED) is 0.829. The Balaban J connectivity index is 2.05. The van der Waals surface area contributed by atoms with Gasteiger partial charge in [0.2, 0.25) is 0 Å². The molecule has 0 fully saturated rings. The van der Waals surface area contributed by atoms with Crippen LogP contribution in [0.15, 0.2) is 47.4 Å². The van der Waals surface area contributed by atoms with E-state index in [1.165, 1.54) is 0 Å². The van der Waals surface area contributed by atoms with Gasteiger partial charge in [-0.2, -0.15) is 0 Å². The van der Waals surface area contributed by atoms with Crippen LogP contribution in [0.25, 0.3) is 0 Å². The van der Waals surface area contributed by atoms with E-state index in [0.717, 1.165) is 32.5 Å². The van der Waals surface area contributed by atoms with E-state index in [9.17, 15) is 0 Å². The van der Waals surface area contributed by atoms with Crippen LogP contribution in [-0.4, -0.2) is 12.9 Å². The van der Waals surface area contributed by atoms with Gasteiger partial charge in [-0.25, -0.2) is 0 Å². The fourth-order valence-electron chi connectivity index (χ4n) is 2.02. The van der Waals surface area contributed by atoms with Gasteiger partial charge in [0, 0.05) is 16.7 Å². The summed E-state index contributed by atoms with van der Waals surface area (Å²) in [6.07, 6.45) is 0. The second kappa shape index (κ2) is 7.02. The number of aryl methyl sites for hydroxylation is 1. The number of thioether (sulfide) groups is 1. The fraction of sp³-hybridized carbons (Fsp3) is 0.250. The predicted molar refractivity (Wildman–Crippen MR) is 86.8 cm³/mol. The lowest BCUT2D eigenvalue weighted by molar-refractivity contribution is 0.414. The molecule has 1 atom stereocenters. The number of methoxy groups -OCH3 is 1. The number of benzene rings is 2. The second-order valence-corrected chi connectivity index (χ2v) is 6.04. The molecule has 2 aromatic rings. The highest BCUT2D eigenvalue weighted by atomic mass is 35.5. The molecule has 0 saturated heterocycles. The summed E-state index contributed by atoms with van der Waals surface area (Å²) in [5.74, 6) is 1.65. The monoisotopic (exact) mass is 307 g/mol. The summed E-state index contributed by atoms with van der Waals surface area (Å²) in [5, 5.41) is 0.774. The molecule has 2 rings (SSSR count). The largest absolute Gasteiger partial charge is 0.497 e.